The van der Waals surface area contributed by atoms with E-state index < -0.39 is 5.60 Å². The van der Waals surface area contributed by atoms with Crippen molar-refractivity contribution in [2.45, 2.75) is 72.1 Å². The number of carbonyl (C=O) groups is 1. The lowest BCUT2D eigenvalue weighted by Gasteiger charge is -2.38. The number of likely N-dealkylation sites (tertiary alicyclic amines) is 1. The monoisotopic (exact) mass is 327 g/mol. The highest BCUT2D eigenvalue weighted by Crippen LogP contribution is 2.19. The summed E-state index contributed by atoms with van der Waals surface area (Å²) in [5.41, 5.74) is -0.709. The van der Waals surface area contributed by atoms with Crippen LogP contribution < -0.4 is 5.32 Å². The lowest BCUT2D eigenvalue weighted by Crippen LogP contribution is -2.53. The van der Waals surface area contributed by atoms with Crippen molar-refractivity contribution in [1.82, 2.24) is 15.1 Å². The predicted molar refractivity (Wildman–Crippen MR) is 95.8 cm³/mol. The van der Waals surface area contributed by atoms with Crippen LogP contribution in [0.1, 0.15) is 54.9 Å². The average molecular weight is 328 g/mol. The molecule has 0 spiro atoms. The van der Waals surface area contributed by atoms with Gasteiger partial charge in [-0.15, -0.1) is 0 Å². The fourth-order valence-corrected chi connectivity index (χ4v) is 3.04. The molecule has 1 aliphatic rings. The summed E-state index contributed by atoms with van der Waals surface area (Å²) in [6.07, 6.45) is 0.933. The standard InChI is InChI=1S/C18H37N3O2/c1-14-13-20(8)11-9-15(14)19-10-12-21(17(2,3)4)16(22)23-18(5,6)7/h14-15,19H,9-13H2,1-8H3. The first-order valence-electron chi connectivity index (χ1n) is 8.82. The zero-order valence-corrected chi connectivity index (χ0v) is 16.4. The van der Waals surface area contributed by atoms with Gasteiger partial charge in [-0.3, -0.25) is 0 Å². The molecule has 5 heteroatoms. The summed E-state index contributed by atoms with van der Waals surface area (Å²) >= 11 is 0. The number of piperidine rings is 1. The van der Waals surface area contributed by atoms with Crippen LogP contribution in [0.25, 0.3) is 0 Å². The highest BCUT2D eigenvalue weighted by Gasteiger charge is 2.31. The van der Waals surface area contributed by atoms with E-state index in [0.29, 0.717) is 18.5 Å². The minimum absolute atomic E-state index is 0.233. The molecule has 1 aliphatic heterocycles. The van der Waals surface area contributed by atoms with Crippen molar-refractivity contribution in [2.24, 2.45) is 5.92 Å². The number of hydrogen-bond donors (Lipinski definition) is 1. The minimum Gasteiger partial charge on any atom is -0.444 e. The number of nitrogens with zero attached hydrogens (tertiary/aromatic N) is 2. The number of nitrogens with one attached hydrogen (secondary N) is 1. The van der Waals surface area contributed by atoms with Crippen molar-refractivity contribution in [2.75, 3.05) is 33.2 Å². The third-order valence-electron chi connectivity index (χ3n) is 4.27. The summed E-state index contributed by atoms with van der Waals surface area (Å²) < 4.78 is 5.56. The normalized spacial score (nSPS) is 23.7. The predicted octanol–water partition coefficient (Wildman–Crippen LogP) is 2.95. The maximum atomic E-state index is 12.5. The second kappa shape index (κ2) is 7.84. The van der Waals surface area contributed by atoms with Crippen LogP contribution in [-0.2, 0) is 4.74 Å². The first-order chi connectivity index (χ1) is 10.4. The summed E-state index contributed by atoms with van der Waals surface area (Å²) in [7, 11) is 2.18. The minimum atomic E-state index is -0.462. The van der Waals surface area contributed by atoms with Crippen molar-refractivity contribution in [3.63, 3.8) is 0 Å². The van der Waals surface area contributed by atoms with Gasteiger partial charge in [0.1, 0.15) is 5.60 Å². The van der Waals surface area contributed by atoms with Crippen molar-refractivity contribution in [3.05, 3.63) is 0 Å². The number of carbonyl (C=O) groups excluding carboxylic acids is 1. The van der Waals surface area contributed by atoms with Crippen LogP contribution in [0.15, 0.2) is 0 Å². The molecule has 1 heterocycles. The Morgan fingerprint density at radius 3 is 2.35 bits per heavy atom. The molecule has 1 saturated heterocycles. The van der Waals surface area contributed by atoms with E-state index in [1.165, 1.54) is 6.42 Å². The number of amides is 1. The fourth-order valence-electron chi connectivity index (χ4n) is 3.04. The number of rotatable bonds is 4. The van der Waals surface area contributed by atoms with Gasteiger partial charge in [-0.1, -0.05) is 6.92 Å². The van der Waals surface area contributed by atoms with Crippen LogP contribution in [0.4, 0.5) is 4.79 Å². The molecule has 0 aromatic rings. The van der Waals surface area contributed by atoms with E-state index in [1.807, 2.05) is 25.7 Å². The number of ether oxygens (including phenoxy) is 1. The molecule has 1 rings (SSSR count). The Morgan fingerprint density at radius 1 is 1.26 bits per heavy atom. The van der Waals surface area contributed by atoms with E-state index >= 15 is 0 Å². The Labute approximate surface area is 142 Å². The molecule has 2 atom stereocenters. The van der Waals surface area contributed by atoms with Gasteiger partial charge >= 0.3 is 6.09 Å². The van der Waals surface area contributed by atoms with Gasteiger partial charge in [0.2, 0.25) is 0 Å². The fraction of sp³-hybridized carbons (Fsp3) is 0.944. The summed E-state index contributed by atoms with van der Waals surface area (Å²) in [4.78, 5) is 16.7. The van der Waals surface area contributed by atoms with Crippen molar-refractivity contribution < 1.29 is 9.53 Å². The molecule has 1 N–H and O–H groups in total. The first kappa shape index (κ1) is 20.2. The van der Waals surface area contributed by atoms with Gasteiger partial charge in [-0.25, -0.2) is 4.79 Å². The van der Waals surface area contributed by atoms with Gasteiger partial charge in [-0.05, 0) is 67.5 Å². The third-order valence-corrected chi connectivity index (χ3v) is 4.27. The molecule has 0 aromatic carbocycles. The highest BCUT2D eigenvalue weighted by molar-refractivity contribution is 5.69. The molecule has 0 aliphatic carbocycles. The van der Waals surface area contributed by atoms with Gasteiger partial charge in [0.25, 0.3) is 0 Å². The summed E-state index contributed by atoms with van der Waals surface area (Å²) in [6.45, 7) is 17.9. The Balaban J connectivity index is 2.54. The van der Waals surface area contributed by atoms with E-state index in [9.17, 15) is 4.79 Å². The molecule has 5 nitrogen and oxygen atoms in total. The molecule has 0 aromatic heterocycles. The highest BCUT2D eigenvalue weighted by atomic mass is 16.6. The lowest BCUT2D eigenvalue weighted by molar-refractivity contribution is 0.00616. The molecule has 2 unspecified atom stereocenters. The van der Waals surface area contributed by atoms with Gasteiger partial charge in [0.15, 0.2) is 0 Å². The topological polar surface area (TPSA) is 44.8 Å². The van der Waals surface area contributed by atoms with Crippen LogP contribution >= 0.6 is 0 Å². The molecule has 1 fully saturated rings. The zero-order chi connectivity index (χ0) is 17.8. The van der Waals surface area contributed by atoms with Crippen LogP contribution in [0.3, 0.4) is 0 Å². The van der Waals surface area contributed by atoms with Crippen LogP contribution in [-0.4, -0.2) is 66.3 Å². The van der Waals surface area contributed by atoms with E-state index in [0.717, 1.165) is 19.6 Å². The van der Waals surface area contributed by atoms with Gasteiger partial charge in [0.05, 0.1) is 0 Å². The molecule has 136 valence electrons. The van der Waals surface area contributed by atoms with Crippen LogP contribution in [0, 0.1) is 5.92 Å². The molecule has 23 heavy (non-hydrogen) atoms. The van der Waals surface area contributed by atoms with E-state index in [2.05, 4.69) is 45.0 Å². The van der Waals surface area contributed by atoms with Crippen molar-refractivity contribution in [3.8, 4) is 0 Å². The van der Waals surface area contributed by atoms with Gasteiger partial charge in [-0.2, -0.15) is 0 Å². The largest absolute Gasteiger partial charge is 0.444 e. The van der Waals surface area contributed by atoms with Crippen LogP contribution in [0.2, 0.25) is 0 Å². The SMILES string of the molecule is CC1CN(C)CCC1NCCN(C(=O)OC(C)(C)C)C(C)(C)C. The number of hydrogen-bond acceptors (Lipinski definition) is 4. The second-order valence-corrected chi connectivity index (χ2v) is 8.89. The lowest BCUT2D eigenvalue weighted by atomic mass is 9.94. The molecular formula is C18H37N3O2. The summed E-state index contributed by atoms with van der Waals surface area (Å²) in [5, 5.41) is 3.64. The molecule has 1 amide bonds. The van der Waals surface area contributed by atoms with Crippen molar-refractivity contribution >= 4 is 6.09 Å². The van der Waals surface area contributed by atoms with E-state index in [1.54, 1.807) is 0 Å². The average Bonchev–Trinajstić information content (AvgIpc) is 2.32. The molecule has 0 bridgehead atoms. The maximum Gasteiger partial charge on any atom is 0.410 e. The quantitative estimate of drug-likeness (QED) is 0.862. The van der Waals surface area contributed by atoms with Gasteiger partial charge in [0, 0.05) is 31.2 Å². The first-order valence-corrected chi connectivity index (χ1v) is 8.82. The summed E-state index contributed by atoms with van der Waals surface area (Å²) in [5.74, 6) is 0.637. The second-order valence-electron chi connectivity index (χ2n) is 8.89. The van der Waals surface area contributed by atoms with Gasteiger partial charge < -0.3 is 19.9 Å². The van der Waals surface area contributed by atoms with Crippen LogP contribution in [0.5, 0.6) is 0 Å². The van der Waals surface area contributed by atoms with E-state index in [4.69, 9.17) is 4.74 Å². The Morgan fingerprint density at radius 2 is 1.87 bits per heavy atom. The third kappa shape index (κ3) is 7.08. The Kier molecular flexibility index (Phi) is 6.90. The smallest absolute Gasteiger partial charge is 0.410 e. The summed E-state index contributed by atoms with van der Waals surface area (Å²) in [6, 6.07) is 0.534. The van der Waals surface area contributed by atoms with E-state index in [-0.39, 0.29) is 11.6 Å². The molecule has 0 radical (unpaired) electrons. The zero-order valence-electron chi connectivity index (χ0n) is 16.4. The molecular weight excluding hydrogens is 290 g/mol. The Hall–Kier alpha value is -0.810. The Bertz CT molecular complexity index is 385. The van der Waals surface area contributed by atoms with Crippen molar-refractivity contribution in [1.29, 1.82) is 0 Å². The maximum absolute atomic E-state index is 12.5. The molecule has 0 saturated carbocycles.